The fourth-order valence-corrected chi connectivity index (χ4v) is 8.86. The van der Waals surface area contributed by atoms with Gasteiger partial charge in [0, 0.05) is 24.1 Å². The molecule has 0 aromatic carbocycles. The van der Waals surface area contributed by atoms with Crippen molar-refractivity contribution in [3.63, 3.8) is 0 Å². The predicted molar refractivity (Wildman–Crippen MR) is 128 cm³/mol. The lowest BCUT2D eigenvalue weighted by Crippen LogP contribution is -2.62. The van der Waals surface area contributed by atoms with Crippen LogP contribution >= 0.6 is 0 Å². The molecule has 4 aliphatic rings. The van der Waals surface area contributed by atoms with Crippen LogP contribution in [0.2, 0.25) is 0 Å². The summed E-state index contributed by atoms with van der Waals surface area (Å²) in [6.07, 6.45) is 10.6. The molecule has 188 valence electrons. The number of hydrogen-bond donors (Lipinski definition) is 4. The monoisotopic (exact) mass is 472 g/mol. The van der Waals surface area contributed by atoms with E-state index in [2.05, 4.69) is 24.5 Å². The van der Waals surface area contributed by atoms with Gasteiger partial charge in [-0.3, -0.25) is 0 Å². The molecule has 0 unspecified atom stereocenters. The van der Waals surface area contributed by atoms with E-state index in [0.717, 1.165) is 63.4 Å². The van der Waals surface area contributed by atoms with E-state index in [1.165, 1.54) is 6.07 Å². The second kappa shape index (κ2) is 8.66. The van der Waals surface area contributed by atoms with Gasteiger partial charge in [-0.15, -0.1) is 0 Å². The molecule has 0 radical (unpaired) electrons. The van der Waals surface area contributed by atoms with Crippen molar-refractivity contribution in [3.8, 4) is 0 Å². The first-order chi connectivity index (χ1) is 16.2. The van der Waals surface area contributed by atoms with Crippen molar-refractivity contribution in [1.29, 1.82) is 0 Å². The second-order valence-corrected chi connectivity index (χ2v) is 11.9. The zero-order chi connectivity index (χ0) is 24.1. The molecule has 34 heavy (non-hydrogen) atoms. The number of fused-ring (bicyclic) bond motifs is 5. The highest BCUT2D eigenvalue weighted by Crippen LogP contribution is 2.70. The lowest BCUT2D eigenvalue weighted by Gasteiger charge is -2.63. The Kier molecular flexibility index (Phi) is 6.08. The molecular formula is C27H40N2O5. The first-order valence-electron chi connectivity index (χ1n) is 13.2. The summed E-state index contributed by atoms with van der Waals surface area (Å²) in [5.41, 5.74) is 0.0119. The van der Waals surface area contributed by atoms with Gasteiger partial charge in [0.1, 0.15) is 0 Å². The number of hydrogen-bond acceptors (Lipinski definition) is 5. The first kappa shape index (κ1) is 23.9. The zero-order valence-electron chi connectivity index (χ0n) is 20.5. The van der Waals surface area contributed by atoms with E-state index in [1.807, 2.05) is 6.07 Å². The molecule has 8 atom stereocenters. The number of carbonyl (C=O) groups is 1. The second-order valence-electron chi connectivity index (χ2n) is 11.9. The third-order valence-electron chi connectivity index (χ3n) is 10.7. The van der Waals surface area contributed by atoms with Crippen LogP contribution in [0.4, 0.5) is 4.79 Å². The van der Waals surface area contributed by atoms with Gasteiger partial charge in [0.15, 0.2) is 0 Å². The lowest BCUT2D eigenvalue weighted by atomic mass is 9.43. The van der Waals surface area contributed by atoms with Gasteiger partial charge in [-0.2, -0.15) is 0 Å². The van der Waals surface area contributed by atoms with Gasteiger partial charge in [0.05, 0.1) is 18.5 Å². The van der Waals surface area contributed by atoms with Gasteiger partial charge in [-0.05, 0) is 98.5 Å². The molecule has 0 aliphatic heterocycles. The Morgan fingerprint density at radius 3 is 2.65 bits per heavy atom. The average molecular weight is 473 g/mol. The Bertz CT molecular complexity index is 960. The smallest absolute Gasteiger partial charge is 0.335 e. The van der Waals surface area contributed by atoms with Crippen LogP contribution in [0.3, 0.4) is 0 Å². The largest absolute Gasteiger partial charge is 0.431 e. The van der Waals surface area contributed by atoms with Crippen molar-refractivity contribution in [3.05, 3.63) is 34.4 Å². The van der Waals surface area contributed by atoms with Crippen LogP contribution < -0.4 is 16.3 Å². The predicted octanol–water partition coefficient (Wildman–Crippen LogP) is 3.54. The molecule has 1 aromatic rings. The van der Waals surface area contributed by atoms with Crippen molar-refractivity contribution in [2.75, 3.05) is 13.2 Å². The van der Waals surface area contributed by atoms with Crippen molar-refractivity contribution >= 4 is 6.03 Å². The van der Waals surface area contributed by atoms with Crippen molar-refractivity contribution in [2.45, 2.75) is 89.2 Å². The summed E-state index contributed by atoms with van der Waals surface area (Å²) in [6.45, 7) is 4.94. The summed E-state index contributed by atoms with van der Waals surface area (Å²) in [5, 5.41) is 27.1. The number of amides is 2. The van der Waals surface area contributed by atoms with Crippen molar-refractivity contribution in [1.82, 2.24) is 10.6 Å². The van der Waals surface area contributed by atoms with Gasteiger partial charge in [0.25, 0.3) is 0 Å². The van der Waals surface area contributed by atoms with Crippen molar-refractivity contribution < 1.29 is 19.4 Å². The van der Waals surface area contributed by atoms with Gasteiger partial charge in [-0.25, -0.2) is 9.59 Å². The van der Waals surface area contributed by atoms with Gasteiger partial charge in [0.2, 0.25) is 0 Å². The molecule has 0 saturated heterocycles. The maximum Gasteiger partial charge on any atom is 0.335 e. The van der Waals surface area contributed by atoms with E-state index in [4.69, 9.17) is 9.52 Å². The quantitative estimate of drug-likeness (QED) is 0.536. The summed E-state index contributed by atoms with van der Waals surface area (Å²) in [7, 11) is 0. The van der Waals surface area contributed by atoms with E-state index in [-0.39, 0.29) is 47.6 Å². The summed E-state index contributed by atoms with van der Waals surface area (Å²) >= 11 is 0. The molecule has 2 amide bonds. The van der Waals surface area contributed by atoms with E-state index >= 15 is 0 Å². The van der Waals surface area contributed by atoms with E-state index in [0.29, 0.717) is 17.8 Å². The molecule has 0 bridgehead atoms. The molecule has 0 spiro atoms. The van der Waals surface area contributed by atoms with Crippen LogP contribution in [-0.2, 0) is 0 Å². The molecule has 1 aromatic heterocycles. The maximum absolute atomic E-state index is 12.3. The fourth-order valence-electron chi connectivity index (χ4n) is 8.86. The minimum Gasteiger partial charge on any atom is -0.431 e. The standard InChI is InChI=1S/C27H40N2O5/c1-25-10-7-19(29-24(32)28-13-14-30)15-18(25)4-5-22-21(25)8-11-26(2)20(9-12-27(22,26)33)17-3-6-23(31)34-16-17/h3,6,16,18-22,30,33H,4-5,7-15H2,1-2H3,(H2,28,29,32)/t18-,19+,20-,21+,22-,25+,26-,27+/m1/s1. The lowest BCUT2D eigenvalue weighted by molar-refractivity contribution is -0.201. The van der Waals surface area contributed by atoms with E-state index in [1.54, 1.807) is 6.26 Å². The summed E-state index contributed by atoms with van der Waals surface area (Å²) in [5.74, 6) is 1.57. The van der Waals surface area contributed by atoms with Gasteiger partial charge < -0.3 is 25.3 Å². The Balaban J connectivity index is 1.33. The average Bonchev–Trinajstić information content (AvgIpc) is 3.10. The number of nitrogens with one attached hydrogen (secondary N) is 2. The van der Waals surface area contributed by atoms with Crippen LogP contribution in [0, 0.1) is 28.6 Å². The van der Waals surface area contributed by atoms with Gasteiger partial charge in [-0.1, -0.05) is 13.8 Å². The minimum atomic E-state index is -0.690. The van der Waals surface area contributed by atoms with Crippen LogP contribution in [0.5, 0.6) is 0 Å². The summed E-state index contributed by atoms with van der Waals surface area (Å²) in [4.78, 5) is 23.6. The topological polar surface area (TPSA) is 112 Å². The normalized spacial score (nSPS) is 43.4. The van der Waals surface area contributed by atoms with E-state index in [9.17, 15) is 14.7 Å². The molecule has 1 heterocycles. The number of urea groups is 1. The van der Waals surface area contributed by atoms with Crippen LogP contribution in [-0.4, -0.2) is 41.0 Å². The van der Waals surface area contributed by atoms with Crippen molar-refractivity contribution in [2.24, 2.45) is 28.6 Å². The highest BCUT2D eigenvalue weighted by Gasteiger charge is 2.67. The molecule has 4 N–H and O–H groups in total. The molecule has 7 nitrogen and oxygen atoms in total. The fraction of sp³-hybridized carbons (Fsp3) is 0.778. The van der Waals surface area contributed by atoms with Gasteiger partial charge >= 0.3 is 11.7 Å². The number of aliphatic hydroxyl groups is 2. The Morgan fingerprint density at radius 1 is 1.09 bits per heavy atom. The minimum absolute atomic E-state index is 0.0523. The Labute approximate surface area is 201 Å². The molecule has 7 heteroatoms. The first-order valence-corrected chi connectivity index (χ1v) is 13.2. The van der Waals surface area contributed by atoms with E-state index < -0.39 is 5.60 Å². The van der Waals surface area contributed by atoms with Crippen LogP contribution in [0.15, 0.2) is 27.6 Å². The third-order valence-corrected chi connectivity index (χ3v) is 10.7. The third kappa shape index (κ3) is 3.62. The Morgan fingerprint density at radius 2 is 1.91 bits per heavy atom. The highest BCUT2D eigenvalue weighted by molar-refractivity contribution is 5.74. The number of aliphatic hydroxyl groups excluding tert-OH is 1. The number of rotatable bonds is 4. The zero-order valence-corrected chi connectivity index (χ0v) is 20.5. The number of carbonyl (C=O) groups excluding carboxylic acids is 1. The van der Waals surface area contributed by atoms with Crippen LogP contribution in [0.25, 0.3) is 0 Å². The molecule has 4 fully saturated rings. The highest BCUT2D eigenvalue weighted by atomic mass is 16.4. The molecule has 4 saturated carbocycles. The molecule has 4 aliphatic carbocycles. The van der Waals surface area contributed by atoms with Crippen LogP contribution in [0.1, 0.15) is 83.1 Å². The Hall–Kier alpha value is -1.86. The summed E-state index contributed by atoms with van der Waals surface area (Å²) < 4.78 is 5.20. The SMILES string of the molecule is C[C@]12CC[C@H](NC(=O)NCCO)C[C@H]1CC[C@@H]1[C@@H]2CC[C@]2(C)[C@@H](c3ccc(=O)oc3)CC[C@]12O. The molecule has 5 rings (SSSR count). The summed E-state index contributed by atoms with van der Waals surface area (Å²) in [6, 6.07) is 3.38. The maximum atomic E-state index is 12.3. The molecular weight excluding hydrogens is 432 g/mol.